The van der Waals surface area contributed by atoms with Gasteiger partial charge < -0.3 is 0 Å². The Labute approximate surface area is 144 Å². The highest BCUT2D eigenvalue weighted by molar-refractivity contribution is 5.66. The topological polar surface area (TPSA) is 25.8 Å². The second-order valence-corrected chi connectivity index (χ2v) is 5.44. The quantitative estimate of drug-likeness (QED) is 0.531. The van der Waals surface area contributed by atoms with Crippen molar-refractivity contribution in [1.82, 2.24) is 9.97 Å². The van der Waals surface area contributed by atoms with Crippen LogP contribution >= 0.6 is 0 Å². The first kappa shape index (κ1) is 17.9. The average molecular weight is 368 g/mol. The number of benzene rings is 1. The zero-order valence-electron chi connectivity index (χ0n) is 12.9. The van der Waals surface area contributed by atoms with E-state index in [0.717, 1.165) is 24.5 Å². The van der Waals surface area contributed by atoms with Crippen LogP contribution in [0, 0.1) is 0 Å². The van der Waals surface area contributed by atoms with E-state index in [1.807, 2.05) is 0 Å². The van der Waals surface area contributed by atoms with E-state index in [2.05, 4.69) is 9.97 Å². The van der Waals surface area contributed by atoms with Crippen LogP contribution in [-0.2, 0) is 12.4 Å². The third kappa shape index (κ3) is 3.84. The van der Waals surface area contributed by atoms with Gasteiger partial charge in [-0.2, -0.15) is 26.3 Å². The van der Waals surface area contributed by atoms with Crippen molar-refractivity contribution < 1.29 is 26.3 Å². The molecule has 3 rings (SSSR count). The van der Waals surface area contributed by atoms with Crippen LogP contribution in [0.15, 0.2) is 60.9 Å². The van der Waals surface area contributed by atoms with Gasteiger partial charge in [0.15, 0.2) is 0 Å². The van der Waals surface area contributed by atoms with Crippen LogP contribution in [0.2, 0.25) is 0 Å². The minimum atomic E-state index is -4.45. The lowest BCUT2D eigenvalue weighted by atomic mass is 10.1. The van der Waals surface area contributed by atoms with Gasteiger partial charge in [0.2, 0.25) is 0 Å². The van der Waals surface area contributed by atoms with Crippen molar-refractivity contribution in [3.8, 4) is 22.5 Å². The Morgan fingerprint density at radius 1 is 0.500 bits per heavy atom. The van der Waals surface area contributed by atoms with Gasteiger partial charge in [-0.25, -0.2) is 0 Å². The largest absolute Gasteiger partial charge is 0.417 e. The number of nitrogens with zero attached hydrogens (tertiary/aromatic N) is 2. The van der Waals surface area contributed by atoms with E-state index in [1.165, 1.54) is 12.1 Å². The number of hydrogen-bond acceptors (Lipinski definition) is 2. The van der Waals surface area contributed by atoms with E-state index in [0.29, 0.717) is 22.5 Å². The first-order valence-corrected chi connectivity index (χ1v) is 7.32. The van der Waals surface area contributed by atoms with Crippen molar-refractivity contribution >= 4 is 0 Å². The highest BCUT2D eigenvalue weighted by Gasteiger charge is 2.31. The highest BCUT2D eigenvalue weighted by Crippen LogP contribution is 2.31. The van der Waals surface area contributed by atoms with E-state index < -0.39 is 23.5 Å². The number of halogens is 6. The molecule has 26 heavy (non-hydrogen) atoms. The molecule has 0 amide bonds. The summed E-state index contributed by atoms with van der Waals surface area (Å²) in [7, 11) is 0. The highest BCUT2D eigenvalue weighted by atomic mass is 19.4. The third-order valence-electron chi connectivity index (χ3n) is 3.66. The van der Waals surface area contributed by atoms with E-state index in [4.69, 9.17) is 0 Å². The van der Waals surface area contributed by atoms with E-state index in [-0.39, 0.29) is 0 Å². The number of aromatic nitrogens is 2. The van der Waals surface area contributed by atoms with Crippen LogP contribution in [0.25, 0.3) is 22.5 Å². The first-order valence-electron chi connectivity index (χ1n) is 7.32. The molecule has 0 bridgehead atoms. The van der Waals surface area contributed by atoms with Crippen LogP contribution in [0.1, 0.15) is 11.1 Å². The van der Waals surface area contributed by atoms with Crippen LogP contribution in [0.3, 0.4) is 0 Å². The van der Waals surface area contributed by atoms with Gasteiger partial charge in [0.05, 0.1) is 22.5 Å². The molecule has 0 aliphatic heterocycles. The van der Waals surface area contributed by atoms with Gasteiger partial charge in [0.1, 0.15) is 0 Å². The Bertz CT molecular complexity index is 803. The molecule has 2 heterocycles. The molecule has 3 aromatic rings. The summed E-state index contributed by atoms with van der Waals surface area (Å²) in [5, 5.41) is 0. The molecule has 134 valence electrons. The number of rotatable bonds is 2. The molecule has 1 aromatic carbocycles. The number of alkyl halides is 6. The molecule has 0 aliphatic rings. The third-order valence-corrected chi connectivity index (χ3v) is 3.66. The summed E-state index contributed by atoms with van der Waals surface area (Å²) in [6.07, 6.45) is -7.41. The predicted molar refractivity (Wildman–Crippen MR) is 82.9 cm³/mol. The summed E-state index contributed by atoms with van der Waals surface area (Å²) < 4.78 is 75.3. The smallest absolute Gasteiger partial charge is 0.256 e. The molecule has 0 aliphatic carbocycles. The molecule has 0 saturated carbocycles. The summed E-state index contributed by atoms with van der Waals surface area (Å²) in [4.78, 5) is 7.59. The van der Waals surface area contributed by atoms with Crippen LogP contribution in [0.5, 0.6) is 0 Å². The molecule has 0 fully saturated rings. The maximum atomic E-state index is 12.5. The summed E-state index contributed by atoms with van der Waals surface area (Å²) in [5.74, 6) is 0. The van der Waals surface area contributed by atoms with Gasteiger partial charge in [0.25, 0.3) is 0 Å². The average Bonchev–Trinajstić information content (AvgIpc) is 2.61. The zero-order valence-corrected chi connectivity index (χ0v) is 12.9. The molecule has 0 N–H and O–H groups in total. The molecule has 2 nitrogen and oxygen atoms in total. The van der Waals surface area contributed by atoms with Crippen molar-refractivity contribution in [3.63, 3.8) is 0 Å². The van der Waals surface area contributed by atoms with E-state index in [9.17, 15) is 26.3 Å². The Hall–Kier alpha value is -2.90. The minimum absolute atomic E-state index is 0.352. The van der Waals surface area contributed by atoms with E-state index in [1.54, 1.807) is 24.3 Å². The van der Waals surface area contributed by atoms with Crippen molar-refractivity contribution in [3.05, 3.63) is 72.1 Å². The van der Waals surface area contributed by atoms with Crippen LogP contribution in [0.4, 0.5) is 26.3 Å². The fourth-order valence-electron chi connectivity index (χ4n) is 2.28. The Morgan fingerprint density at radius 3 is 1.08 bits per heavy atom. The van der Waals surface area contributed by atoms with Crippen molar-refractivity contribution in [1.29, 1.82) is 0 Å². The SMILES string of the molecule is FC(F)(F)c1ccc(-c2ccc(-c3ccc(C(F)(F)F)cn3)cc2)nc1. The summed E-state index contributed by atoms with van der Waals surface area (Å²) >= 11 is 0. The monoisotopic (exact) mass is 368 g/mol. The maximum absolute atomic E-state index is 12.5. The number of pyridine rings is 2. The second-order valence-electron chi connectivity index (χ2n) is 5.44. The lowest BCUT2D eigenvalue weighted by Gasteiger charge is -2.08. The maximum Gasteiger partial charge on any atom is 0.417 e. The molecule has 2 aromatic heterocycles. The summed E-state index contributed by atoms with van der Waals surface area (Å²) in [6.45, 7) is 0. The summed E-state index contributed by atoms with van der Waals surface area (Å²) in [5.41, 5.74) is 0.178. The molecule has 0 unspecified atom stereocenters. The van der Waals surface area contributed by atoms with Gasteiger partial charge >= 0.3 is 12.4 Å². The minimum Gasteiger partial charge on any atom is -0.256 e. The molecule has 0 spiro atoms. The second kappa shape index (κ2) is 6.44. The Morgan fingerprint density at radius 2 is 0.846 bits per heavy atom. The van der Waals surface area contributed by atoms with Gasteiger partial charge in [-0.05, 0) is 24.3 Å². The normalized spacial score (nSPS) is 12.2. The fourth-order valence-corrected chi connectivity index (χ4v) is 2.28. The van der Waals surface area contributed by atoms with Crippen LogP contribution < -0.4 is 0 Å². The lowest BCUT2D eigenvalue weighted by molar-refractivity contribution is -0.138. The van der Waals surface area contributed by atoms with Crippen LogP contribution in [-0.4, -0.2) is 9.97 Å². The standard InChI is InChI=1S/C18H10F6N2/c19-17(20,21)13-5-7-15(25-9-13)11-1-2-12(4-3-11)16-8-6-14(10-26-16)18(22,23)24/h1-10H. The Kier molecular flexibility index (Phi) is 4.43. The summed E-state index contributed by atoms with van der Waals surface area (Å²) in [6, 6.07) is 10.9. The van der Waals surface area contributed by atoms with Gasteiger partial charge in [-0.15, -0.1) is 0 Å². The molecular formula is C18H10F6N2. The predicted octanol–water partition coefficient (Wildman–Crippen LogP) is 5.85. The molecule has 0 saturated heterocycles. The van der Waals surface area contributed by atoms with E-state index >= 15 is 0 Å². The van der Waals surface area contributed by atoms with Crippen molar-refractivity contribution in [2.75, 3.05) is 0 Å². The number of hydrogen-bond donors (Lipinski definition) is 0. The van der Waals surface area contributed by atoms with Crippen molar-refractivity contribution in [2.24, 2.45) is 0 Å². The molecule has 0 atom stereocenters. The van der Waals surface area contributed by atoms with Crippen molar-refractivity contribution in [2.45, 2.75) is 12.4 Å². The molecule has 8 heteroatoms. The Balaban J connectivity index is 1.82. The molecule has 0 radical (unpaired) electrons. The fraction of sp³-hybridized carbons (Fsp3) is 0.111. The first-order chi connectivity index (χ1) is 12.1. The van der Waals surface area contributed by atoms with Gasteiger partial charge in [0, 0.05) is 23.5 Å². The molecular weight excluding hydrogens is 358 g/mol. The zero-order chi connectivity index (χ0) is 18.9. The lowest BCUT2D eigenvalue weighted by Crippen LogP contribution is -2.05. The van der Waals surface area contributed by atoms with Gasteiger partial charge in [-0.3, -0.25) is 9.97 Å². The van der Waals surface area contributed by atoms with Gasteiger partial charge in [-0.1, -0.05) is 24.3 Å².